The highest BCUT2D eigenvalue weighted by atomic mass is 16.3. The Morgan fingerprint density at radius 1 is 1.62 bits per heavy atom. The Labute approximate surface area is 79.3 Å². The molecule has 0 radical (unpaired) electrons. The van der Waals surface area contributed by atoms with Crippen LogP contribution in [0.2, 0.25) is 0 Å². The summed E-state index contributed by atoms with van der Waals surface area (Å²) in [6.45, 7) is 4.64. The zero-order valence-corrected chi connectivity index (χ0v) is 8.50. The highest BCUT2D eigenvalue weighted by molar-refractivity contribution is 5.18. The first-order valence-corrected chi connectivity index (χ1v) is 4.84. The van der Waals surface area contributed by atoms with Gasteiger partial charge in [0.25, 0.3) is 0 Å². The molecule has 2 nitrogen and oxygen atoms in total. The van der Waals surface area contributed by atoms with Gasteiger partial charge in [-0.1, -0.05) is 13.8 Å². The largest absolute Gasteiger partial charge is 0.472 e. The summed E-state index contributed by atoms with van der Waals surface area (Å²) in [5.74, 6) is 0.759. The topological polar surface area (TPSA) is 25.2 Å². The van der Waals surface area contributed by atoms with Crippen LogP contribution in [0.4, 0.5) is 0 Å². The molecule has 2 heteroatoms. The lowest BCUT2D eigenvalue weighted by Crippen LogP contribution is -2.19. The van der Waals surface area contributed by atoms with E-state index in [2.05, 4.69) is 25.2 Å². The third kappa shape index (κ3) is 1.51. The zero-order valence-electron chi connectivity index (χ0n) is 8.50. The minimum atomic E-state index is 0.466. The Balaban J connectivity index is 2.12. The minimum absolute atomic E-state index is 0.466. The third-order valence-electron chi connectivity index (χ3n) is 3.21. The molecule has 1 heterocycles. The molecule has 1 N–H and O–H groups in total. The molecule has 0 bridgehead atoms. The molecule has 0 saturated heterocycles. The predicted octanol–water partition coefficient (Wildman–Crippen LogP) is 2.59. The van der Waals surface area contributed by atoms with Gasteiger partial charge in [0.05, 0.1) is 12.5 Å². The fourth-order valence-electron chi connectivity index (χ4n) is 2.13. The molecule has 0 aliphatic heterocycles. The number of hydrogen-bond acceptors (Lipinski definition) is 2. The Hall–Kier alpha value is -0.760. The van der Waals surface area contributed by atoms with E-state index in [9.17, 15) is 0 Å². The van der Waals surface area contributed by atoms with E-state index in [1.165, 1.54) is 12.0 Å². The number of nitrogens with one attached hydrogen (secondary N) is 1. The van der Waals surface area contributed by atoms with Crippen molar-refractivity contribution in [2.75, 3.05) is 7.05 Å². The van der Waals surface area contributed by atoms with E-state index in [-0.39, 0.29) is 0 Å². The molecule has 72 valence electrons. The fourth-order valence-corrected chi connectivity index (χ4v) is 2.13. The van der Waals surface area contributed by atoms with E-state index in [0.29, 0.717) is 11.5 Å². The summed E-state index contributed by atoms with van der Waals surface area (Å²) >= 11 is 0. The van der Waals surface area contributed by atoms with Crippen LogP contribution in [-0.2, 0) is 0 Å². The summed E-state index contributed by atoms with van der Waals surface area (Å²) in [5.41, 5.74) is 1.78. The molecule has 1 aromatic rings. The summed E-state index contributed by atoms with van der Waals surface area (Å²) in [5, 5.41) is 3.36. The maximum atomic E-state index is 5.10. The summed E-state index contributed by atoms with van der Waals surface area (Å²) in [7, 11) is 2.02. The Kier molecular flexibility index (Phi) is 1.95. The van der Waals surface area contributed by atoms with Crippen molar-refractivity contribution < 1.29 is 4.42 Å². The standard InChI is InChI=1S/C11H17NO/c1-11(2)6-9(11)10(12-3)8-4-5-13-7-8/h4-5,7,9-10,12H,6H2,1-3H3. The summed E-state index contributed by atoms with van der Waals surface area (Å²) < 4.78 is 5.10. The predicted molar refractivity (Wildman–Crippen MR) is 52.4 cm³/mol. The summed E-state index contributed by atoms with van der Waals surface area (Å²) in [4.78, 5) is 0. The Morgan fingerprint density at radius 2 is 2.31 bits per heavy atom. The van der Waals surface area contributed by atoms with Crippen molar-refractivity contribution in [2.24, 2.45) is 11.3 Å². The van der Waals surface area contributed by atoms with Crippen molar-refractivity contribution >= 4 is 0 Å². The molecule has 0 amide bonds. The second kappa shape index (κ2) is 2.88. The summed E-state index contributed by atoms with van der Waals surface area (Å²) in [6.07, 6.45) is 4.90. The van der Waals surface area contributed by atoms with Crippen LogP contribution in [0.5, 0.6) is 0 Å². The molecule has 0 aromatic carbocycles. The van der Waals surface area contributed by atoms with E-state index < -0.39 is 0 Å². The van der Waals surface area contributed by atoms with E-state index in [4.69, 9.17) is 4.42 Å². The minimum Gasteiger partial charge on any atom is -0.472 e. The SMILES string of the molecule is CNC(c1ccoc1)C1CC1(C)C. The molecular formula is C11H17NO. The smallest absolute Gasteiger partial charge is 0.0950 e. The summed E-state index contributed by atoms with van der Waals surface area (Å²) in [6, 6.07) is 2.52. The molecule has 13 heavy (non-hydrogen) atoms. The van der Waals surface area contributed by atoms with Gasteiger partial charge >= 0.3 is 0 Å². The monoisotopic (exact) mass is 179 g/mol. The van der Waals surface area contributed by atoms with Crippen molar-refractivity contribution in [3.05, 3.63) is 24.2 Å². The van der Waals surface area contributed by atoms with Gasteiger partial charge in [-0.15, -0.1) is 0 Å². The van der Waals surface area contributed by atoms with Gasteiger partial charge in [0, 0.05) is 11.6 Å². The fraction of sp³-hybridized carbons (Fsp3) is 0.636. The molecule has 1 fully saturated rings. The Bertz CT molecular complexity index is 276. The van der Waals surface area contributed by atoms with Crippen LogP contribution in [-0.4, -0.2) is 7.05 Å². The lowest BCUT2D eigenvalue weighted by Gasteiger charge is -2.15. The van der Waals surface area contributed by atoms with Gasteiger partial charge in [0.2, 0.25) is 0 Å². The molecule has 2 unspecified atom stereocenters. The molecule has 1 aromatic heterocycles. The van der Waals surface area contributed by atoms with E-state index in [0.717, 1.165) is 5.92 Å². The first-order chi connectivity index (χ1) is 6.15. The lowest BCUT2D eigenvalue weighted by atomic mass is 9.99. The van der Waals surface area contributed by atoms with Crippen molar-refractivity contribution in [1.82, 2.24) is 5.32 Å². The first kappa shape index (κ1) is 8.82. The molecule has 1 aliphatic rings. The first-order valence-electron chi connectivity index (χ1n) is 4.84. The lowest BCUT2D eigenvalue weighted by molar-refractivity contribution is 0.436. The normalized spacial score (nSPS) is 27.2. The highest BCUT2D eigenvalue weighted by Gasteiger charge is 2.50. The van der Waals surface area contributed by atoms with Crippen LogP contribution in [0.15, 0.2) is 23.0 Å². The maximum Gasteiger partial charge on any atom is 0.0950 e. The van der Waals surface area contributed by atoms with Gasteiger partial charge in [-0.25, -0.2) is 0 Å². The average Bonchev–Trinajstić information content (AvgIpc) is 2.55. The van der Waals surface area contributed by atoms with E-state index in [1.807, 2.05) is 13.3 Å². The van der Waals surface area contributed by atoms with Gasteiger partial charge in [-0.2, -0.15) is 0 Å². The van der Waals surface area contributed by atoms with Gasteiger partial charge < -0.3 is 9.73 Å². The molecule has 2 rings (SSSR count). The van der Waals surface area contributed by atoms with Crippen molar-refractivity contribution in [3.63, 3.8) is 0 Å². The third-order valence-corrected chi connectivity index (χ3v) is 3.21. The van der Waals surface area contributed by atoms with Crippen LogP contribution < -0.4 is 5.32 Å². The number of furan rings is 1. The van der Waals surface area contributed by atoms with Crippen molar-refractivity contribution in [2.45, 2.75) is 26.3 Å². The van der Waals surface area contributed by atoms with Crippen LogP contribution in [0.25, 0.3) is 0 Å². The van der Waals surface area contributed by atoms with E-state index >= 15 is 0 Å². The molecule has 2 atom stereocenters. The van der Waals surface area contributed by atoms with Gasteiger partial charge in [-0.3, -0.25) is 0 Å². The zero-order chi connectivity index (χ0) is 9.47. The van der Waals surface area contributed by atoms with Crippen LogP contribution in [0.3, 0.4) is 0 Å². The quantitative estimate of drug-likeness (QED) is 0.771. The number of hydrogen-bond donors (Lipinski definition) is 1. The van der Waals surface area contributed by atoms with Crippen molar-refractivity contribution in [1.29, 1.82) is 0 Å². The molecular weight excluding hydrogens is 162 g/mol. The van der Waals surface area contributed by atoms with E-state index in [1.54, 1.807) is 6.26 Å². The maximum absolute atomic E-state index is 5.10. The Morgan fingerprint density at radius 3 is 2.69 bits per heavy atom. The van der Waals surface area contributed by atoms with Gasteiger partial charge in [-0.05, 0) is 30.9 Å². The van der Waals surface area contributed by atoms with Crippen molar-refractivity contribution in [3.8, 4) is 0 Å². The molecule has 0 spiro atoms. The van der Waals surface area contributed by atoms with Gasteiger partial charge in [0.15, 0.2) is 0 Å². The number of rotatable bonds is 3. The second-order valence-electron chi connectivity index (χ2n) is 4.62. The second-order valence-corrected chi connectivity index (χ2v) is 4.62. The molecule has 1 saturated carbocycles. The van der Waals surface area contributed by atoms with Crippen LogP contribution in [0, 0.1) is 11.3 Å². The highest BCUT2D eigenvalue weighted by Crippen LogP contribution is 2.57. The average molecular weight is 179 g/mol. The molecule has 1 aliphatic carbocycles. The van der Waals surface area contributed by atoms with Crippen LogP contribution >= 0.6 is 0 Å². The van der Waals surface area contributed by atoms with Gasteiger partial charge in [0.1, 0.15) is 0 Å². The van der Waals surface area contributed by atoms with Crippen LogP contribution in [0.1, 0.15) is 31.9 Å².